The van der Waals surface area contributed by atoms with Crippen molar-refractivity contribution in [2.75, 3.05) is 12.4 Å². The number of hydrogen-bond acceptors (Lipinski definition) is 5. The minimum Gasteiger partial charge on any atom is -0.490 e. The highest BCUT2D eigenvalue weighted by Crippen LogP contribution is 2.11. The topological polar surface area (TPSA) is 69.7 Å². The van der Waals surface area contributed by atoms with Gasteiger partial charge < -0.3 is 9.47 Å². The second-order valence-electron chi connectivity index (χ2n) is 5.49. The van der Waals surface area contributed by atoms with Crippen LogP contribution in [0.25, 0.3) is 0 Å². The van der Waals surface area contributed by atoms with Crippen LogP contribution in [-0.2, 0) is 19.4 Å². The summed E-state index contributed by atoms with van der Waals surface area (Å²) in [6.45, 7) is 1.45. The number of rotatable bonds is 7. The average molecular weight is 372 g/mol. The molecule has 136 valence electrons. The number of esters is 1. The number of benzene rings is 2. The highest BCUT2D eigenvalue weighted by atomic mass is 32.2. The monoisotopic (exact) mass is 372 g/mol. The molecule has 2 aromatic rings. The second kappa shape index (κ2) is 9.64. The van der Waals surface area contributed by atoms with Gasteiger partial charge in [-0.15, -0.1) is 0 Å². The second-order valence-corrected chi connectivity index (χ2v) is 7.47. The van der Waals surface area contributed by atoms with Gasteiger partial charge in [0.2, 0.25) is 0 Å². The summed E-state index contributed by atoms with van der Waals surface area (Å²) in [7, 11) is -3.45. The quantitative estimate of drug-likeness (QED) is 0.552. The smallest absolute Gasteiger partial charge is 0.303 e. The fourth-order valence-electron chi connectivity index (χ4n) is 2.12. The Morgan fingerprint density at radius 3 is 2.23 bits per heavy atom. The van der Waals surface area contributed by atoms with Crippen LogP contribution in [0.2, 0.25) is 0 Å². The van der Waals surface area contributed by atoms with Crippen molar-refractivity contribution in [1.82, 2.24) is 0 Å². The van der Waals surface area contributed by atoms with Gasteiger partial charge in [-0.3, -0.25) is 4.79 Å². The molecule has 5 nitrogen and oxygen atoms in total. The molecule has 0 bridgehead atoms. The molecule has 0 aliphatic rings. The first-order chi connectivity index (χ1) is 12.5. The molecule has 0 saturated heterocycles. The number of carbonyl (C=O) groups excluding carboxylic acids is 1. The van der Waals surface area contributed by atoms with Gasteiger partial charge in [0.25, 0.3) is 0 Å². The molecule has 0 amide bonds. The first-order valence-electron chi connectivity index (χ1n) is 8.06. The van der Waals surface area contributed by atoms with Gasteiger partial charge in [0, 0.05) is 13.3 Å². The predicted octanol–water partition coefficient (Wildman–Crippen LogP) is 2.86. The van der Waals surface area contributed by atoms with Crippen molar-refractivity contribution in [2.45, 2.75) is 24.3 Å². The van der Waals surface area contributed by atoms with Crippen LogP contribution < -0.4 is 4.74 Å². The molecular formula is C20H20O5S. The molecule has 2 rings (SSSR count). The number of ether oxygens (including phenoxy) is 2. The Morgan fingerprint density at radius 2 is 1.62 bits per heavy atom. The molecule has 0 heterocycles. The van der Waals surface area contributed by atoms with Crippen LogP contribution in [0.4, 0.5) is 0 Å². The van der Waals surface area contributed by atoms with E-state index in [2.05, 4.69) is 11.8 Å². The summed E-state index contributed by atoms with van der Waals surface area (Å²) >= 11 is 0. The molecule has 1 unspecified atom stereocenters. The van der Waals surface area contributed by atoms with E-state index in [1.54, 1.807) is 30.3 Å². The Balaban J connectivity index is 1.92. The zero-order valence-electron chi connectivity index (χ0n) is 14.4. The van der Waals surface area contributed by atoms with Crippen LogP contribution in [0.3, 0.4) is 0 Å². The van der Waals surface area contributed by atoms with Gasteiger partial charge in [-0.1, -0.05) is 48.2 Å². The van der Waals surface area contributed by atoms with Crippen LogP contribution in [0, 0.1) is 11.8 Å². The van der Waals surface area contributed by atoms with E-state index in [1.165, 1.54) is 19.1 Å². The van der Waals surface area contributed by atoms with Gasteiger partial charge in [-0.05, 0) is 24.3 Å². The van der Waals surface area contributed by atoms with E-state index >= 15 is 0 Å². The van der Waals surface area contributed by atoms with E-state index in [9.17, 15) is 13.2 Å². The first-order valence-corrected chi connectivity index (χ1v) is 9.71. The largest absolute Gasteiger partial charge is 0.490 e. The molecule has 1 atom stereocenters. The molecule has 0 aliphatic carbocycles. The summed E-state index contributed by atoms with van der Waals surface area (Å²) in [5.74, 6) is 5.34. The Bertz CT molecular complexity index is 865. The maximum atomic E-state index is 12.2. The third kappa shape index (κ3) is 6.61. The van der Waals surface area contributed by atoms with Crippen LogP contribution >= 0.6 is 0 Å². The minimum atomic E-state index is -3.45. The van der Waals surface area contributed by atoms with Crippen LogP contribution in [0.1, 0.15) is 13.3 Å². The van der Waals surface area contributed by atoms with E-state index in [0.717, 1.165) is 0 Å². The van der Waals surface area contributed by atoms with Crippen molar-refractivity contribution in [3.8, 4) is 17.6 Å². The molecule has 6 heteroatoms. The highest BCUT2D eigenvalue weighted by molar-refractivity contribution is 7.91. The van der Waals surface area contributed by atoms with Crippen molar-refractivity contribution in [3.05, 3.63) is 60.7 Å². The van der Waals surface area contributed by atoms with Gasteiger partial charge in [0.1, 0.15) is 24.2 Å². The van der Waals surface area contributed by atoms with Gasteiger partial charge in [0.15, 0.2) is 9.84 Å². The first kappa shape index (κ1) is 19.5. The normalized spacial score (nSPS) is 11.7. The third-order valence-corrected chi connectivity index (χ3v) is 4.85. The molecule has 0 N–H and O–H groups in total. The van der Waals surface area contributed by atoms with Crippen LogP contribution in [0.5, 0.6) is 5.75 Å². The Kier molecular flexibility index (Phi) is 7.24. The molecule has 0 radical (unpaired) electrons. The summed E-state index contributed by atoms with van der Waals surface area (Å²) < 4.78 is 35.1. The van der Waals surface area contributed by atoms with E-state index in [1.807, 2.05) is 18.2 Å². The third-order valence-electron chi connectivity index (χ3n) is 3.33. The fraction of sp³-hybridized carbons (Fsp3) is 0.250. The summed E-state index contributed by atoms with van der Waals surface area (Å²) in [5.41, 5.74) is 0. The summed E-state index contributed by atoms with van der Waals surface area (Å²) in [6, 6.07) is 17.3. The van der Waals surface area contributed by atoms with E-state index in [0.29, 0.717) is 5.75 Å². The summed E-state index contributed by atoms with van der Waals surface area (Å²) in [6.07, 6.45) is -0.379. The SMILES string of the molecule is CC(=O)OC(CC#CCS(=O)(=O)c1ccccc1)COc1ccccc1. The zero-order valence-corrected chi connectivity index (χ0v) is 15.2. The molecule has 0 fully saturated rings. The fourth-order valence-corrected chi connectivity index (χ4v) is 3.15. The van der Waals surface area contributed by atoms with Crippen molar-refractivity contribution < 1.29 is 22.7 Å². The Labute approximate surface area is 153 Å². The van der Waals surface area contributed by atoms with Gasteiger partial charge in [-0.25, -0.2) is 8.42 Å². The standard InChI is InChI=1S/C20H20O5S/c1-17(21)25-19(16-24-18-10-4-2-5-11-18)12-8-9-15-26(22,23)20-13-6-3-7-14-20/h2-7,10-11,13-14,19H,12,15-16H2,1H3. The molecule has 0 aromatic heterocycles. The van der Waals surface area contributed by atoms with E-state index < -0.39 is 21.9 Å². The van der Waals surface area contributed by atoms with Crippen LogP contribution in [-0.4, -0.2) is 32.9 Å². The van der Waals surface area contributed by atoms with Crippen molar-refractivity contribution in [2.24, 2.45) is 0 Å². The van der Waals surface area contributed by atoms with Crippen molar-refractivity contribution >= 4 is 15.8 Å². The van der Waals surface area contributed by atoms with Crippen molar-refractivity contribution in [1.29, 1.82) is 0 Å². The molecule has 0 spiro atoms. The molecule has 0 aliphatic heterocycles. The minimum absolute atomic E-state index is 0.143. The lowest BCUT2D eigenvalue weighted by Gasteiger charge is -2.15. The number of para-hydroxylation sites is 1. The maximum absolute atomic E-state index is 12.2. The maximum Gasteiger partial charge on any atom is 0.303 e. The molecular weight excluding hydrogens is 352 g/mol. The molecule has 0 saturated carbocycles. The summed E-state index contributed by atoms with van der Waals surface area (Å²) in [5, 5.41) is 0. The number of sulfone groups is 1. The molecule has 2 aromatic carbocycles. The zero-order chi connectivity index (χ0) is 18.8. The lowest BCUT2D eigenvalue weighted by molar-refractivity contribution is -0.147. The Hall–Kier alpha value is -2.78. The predicted molar refractivity (Wildman–Crippen MR) is 98.4 cm³/mol. The Morgan fingerprint density at radius 1 is 1.00 bits per heavy atom. The lowest BCUT2D eigenvalue weighted by Crippen LogP contribution is -2.23. The number of hydrogen-bond donors (Lipinski definition) is 0. The molecule has 26 heavy (non-hydrogen) atoms. The van der Waals surface area contributed by atoms with Gasteiger partial charge in [0.05, 0.1) is 4.90 Å². The van der Waals surface area contributed by atoms with E-state index in [-0.39, 0.29) is 23.7 Å². The number of carbonyl (C=O) groups is 1. The van der Waals surface area contributed by atoms with E-state index in [4.69, 9.17) is 9.47 Å². The lowest BCUT2D eigenvalue weighted by atomic mass is 10.2. The van der Waals surface area contributed by atoms with Gasteiger partial charge in [-0.2, -0.15) is 0 Å². The summed E-state index contributed by atoms with van der Waals surface area (Å²) in [4.78, 5) is 11.5. The average Bonchev–Trinajstić information content (AvgIpc) is 2.64. The van der Waals surface area contributed by atoms with Gasteiger partial charge >= 0.3 is 5.97 Å². The van der Waals surface area contributed by atoms with Crippen molar-refractivity contribution in [3.63, 3.8) is 0 Å². The van der Waals surface area contributed by atoms with Crippen LogP contribution in [0.15, 0.2) is 65.6 Å². The highest BCUT2D eigenvalue weighted by Gasteiger charge is 2.13.